The summed E-state index contributed by atoms with van der Waals surface area (Å²) in [5.41, 5.74) is 7.32. The summed E-state index contributed by atoms with van der Waals surface area (Å²) in [6.07, 6.45) is 0. The Bertz CT molecular complexity index is 740. The van der Waals surface area contributed by atoms with Crippen LogP contribution in [0.1, 0.15) is 11.1 Å². The number of nitrogens with zero attached hydrogens (tertiary/aromatic N) is 5. The van der Waals surface area contributed by atoms with Gasteiger partial charge in [0.1, 0.15) is 11.6 Å². The summed E-state index contributed by atoms with van der Waals surface area (Å²) in [4.78, 5) is 0. The lowest BCUT2D eigenvalue weighted by Gasteiger charge is -2.07. The van der Waals surface area contributed by atoms with E-state index in [-0.39, 0.29) is 5.82 Å². The Morgan fingerprint density at radius 2 is 2.15 bits per heavy atom. The van der Waals surface area contributed by atoms with E-state index < -0.39 is 0 Å². The summed E-state index contributed by atoms with van der Waals surface area (Å²) in [6, 6.07) is 8.41. The first-order valence-electron chi connectivity index (χ1n) is 6.03. The number of fused-ring (bicyclic) bond motifs is 1. The van der Waals surface area contributed by atoms with Gasteiger partial charge in [-0.25, -0.2) is 4.39 Å². The predicted molar refractivity (Wildman–Crippen MR) is 70.2 cm³/mol. The Labute approximate surface area is 113 Å². The summed E-state index contributed by atoms with van der Waals surface area (Å²) < 4.78 is 15.1. The first-order valence-corrected chi connectivity index (χ1v) is 6.03. The van der Waals surface area contributed by atoms with E-state index in [1.165, 1.54) is 10.7 Å². The molecule has 7 nitrogen and oxygen atoms in total. The summed E-state index contributed by atoms with van der Waals surface area (Å²) in [6.45, 7) is 0.638. The summed E-state index contributed by atoms with van der Waals surface area (Å²) >= 11 is 0. The Balaban J connectivity index is 1.75. The number of anilines is 1. The summed E-state index contributed by atoms with van der Waals surface area (Å²) in [5.74, 6) is 0.274. The number of nitrogens with two attached hydrogens (primary N) is 1. The molecule has 3 aromatic rings. The van der Waals surface area contributed by atoms with Crippen molar-refractivity contribution < 1.29 is 4.39 Å². The molecule has 3 N–H and O–H groups in total. The highest BCUT2D eigenvalue weighted by atomic mass is 19.1. The maximum absolute atomic E-state index is 13.8. The third-order valence-corrected chi connectivity index (χ3v) is 2.88. The van der Waals surface area contributed by atoms with Crippen LogP contribution in [0.25, 0.3) is 5.65 Å². The lowest BCUT2D eigenvalue weighted by atomic mass is 10.1. The number of benzene rings is 1. The van der Waals surface area contributed by atoms with Crippen LogP contribution in [0, 0.1) is 5.82 Å². The number of aromatic nitrogens is 5. The minimum atomic E-state index is -0.288. The van der Waals surface area contributed by atoms with Crippen molar-refractivity contribution in [2.24, 2.45) is 5.73 Å². The van der Waals surface area contributed by atoms with Gasteiger partial charge in [-0.15, -0.1) is 14.8 Å². The van der Waals surface area contributed by atoms with Crippen molar-refractivity contribution in [1.29, 1.82) is 0 Å². The van der Waals surface area contributed by atoms with E-state index in [1.807, 2.05) is 0 Å². The minimum absolute atomic E-state index is 0.288. The molecule has 0 aliphatic heterocycles. The molecule has 0 aliphatic carbocycles. The van der Waals surface area contributed by atoms with Gasteiger partial charge >= 0.3 is 0 Å². The molecule has 0 fully saturated rings. The molecule has 0 atom stereocenters. The standard InChI is InChI=1S/C12H12FN7/c13-10-5-8(6-14)1-2-9(10)7-15-11-3-4-12-16-18-19-20(12)17-11/h1-5H,6-7,14H2,(H,15,17). The molecule has 20 heavy (non-hydrogen) atoms. The van der Waals surface area contributed by atoms with Crippen LogP contribution < -0.4 is 11.1 Å². The normalized spacial score (nSPS) is 10.9. The first-order chi connectivity index (χ1) is 9.76. The number of nitrogens with one attached hydrogen (secondary N) is 1. The second-order valence-corrected chi connectivity index (χ2v) is 4.23. The fourth-order valence-corrected chi connectivity index (χ4v) is 1.79. The molecule has 0 unspecified atom stereocenters. The van der Waals surface area contributed by atoms with Gasteiger partial charge in [-0.3, -0.25) is 0 Å². The zero-order valence-corrected chi connectivity index (χ0v) is 10.5. The maximum Gasteiger partial charge on any atom is 0.200 e. The Morgan fingerprint density at radius 1 is 1.25 bits per heavy atom. The van der Waals surface area contributed by atoms with E-state index in [0.717, 1.165) is 5.56 Å². The van der Waals surface area contributed by atoms with Crippen LogP contribution in [0.4, 0.5) is 10.2 Å². The smallest absolute Gasteiger partial charge is 0.200 e. The molecule has 0 spiro atoms. The van der Waals surface area contributed by atoms with Gasteiger partial charge in [0.15, 0.2) is 5.65 Å². The van der Waals surface area contributed by atoms with Gasteiger partial charge in [0, 0.05) is 18.7 Å². The molecule has 0 saturated carbocycles. The Morgan fingerprint density at radius 3 is 2.95 bits per heavy atom. The monoisotopic (exact) mass is 273 g/mol. The molecule has 0 bridgehead atoms. The molecule has 0 saturated heterocycles. The van der Waals surface area contributed by atoms with E-state index in [4.69, 9.17) is 5.73 Å². The van der Waals surface area contributed by atoms with Gasteiger partial charge in [-0.05, 0) is 34.2 Å². The van der Waals surface area contributed by atoms with E-state index in [9.17, 15) is 4.39 Å². The highest BCUT2D eigenvalue weighted by Gasteiger charge is 2.05. The number of hydrogen-bond donors (Lipinski definition) is 2. The van der Waals surface area contributed by atoms with Crippen LogP contribution >= 0.6 is 0 Å². The highest BCUT2D eigenvalue weighted by molar-refractivity contribution is 5.42. The van der Waals surface area contributed by atoms with Gasteiger partial charge in [-0.1, -0.05) is 12.1 Å². The molecule has 2 heterocycles. The quantitative estimate of drug-likeness (QED) is 0.727. The van der Waals surface area contributed by atoms with Crippen molar-refractivity contribution in [2.75, 3.05) is 5.32 Å². The molecule has 8 heteroatoms. The molecule has 0 radical (unpaired) electrons. The van der Waals surface area contributed by atoms with Gasteiger partial charge in [-0.2, -0.15) is 0 Å². The van der Waals surface area contributed by atoms with Crippen LogP contribution in [0.3, 0.4) is 0 Å². The molecular weight excluding hydrogens is 261 g/mol. The molecule has 102 valence electrons. The van der Waals surface area contributed by atoms with Crippen molar-refractivity contribution in [1.82, 2.24) is 25.3 Å². The van der Waals surface area contributed by atoms with Crippen LogP contribution in [0.5, 0.6) is 0 Å². The van der Waals surface area contributed by atoms with Gasteiger partial charge in [0.25, 0.3) is 0 Å². The number of hydrogen-bond acceptors (Lipinski definition) is 6. The molecule has 3 rings (SSSR count). The van der Waals surface area contributed by atoms with E-state index in [2.05, 4.69) is 25.9 Å². The molecular formula is C12H12FN7. The number of halogens is 1. The lowest BCUT2D eigenvalue weighted by molar-refractivity contribution is 0.610. The zero-order chi connectivity index (χ0) is 13.9. The molecule has 2 aromatic heterocycles. The van der Waals surface area contributed by atoms with Crippen molar-refractivity contribution in [3.05, 3.63) is 47.3 Å². The first kappa shape index (κ1) is 12.4. The van der Waals surface area contributed by atoms with E-state index in [0.29, 0.717) is 30.1 Å². The van der Waals surface area contributed by atoms with Gasteiger partial charge < -0.3 is 11.1 Å². The van der Waals surface area contributed by atoms with Crippen LogP contribution in [0.15, 0.2) is 30.3 Å². The second-order valence-electron chi connectivity index (χ2n) is 4.23. The molecule has 0 amide bonds. The SMILES string of the molecule is NCc1ccc(CNc2ccc3nnnn3n2)c(F)c1. The third-order valence-electron chi connectivity index (χ3n) is 2.88. The average Bonchev–Trinajstić information content (AvgIpc) is 2.93. The van der Waals surface area contributed by atoms with Crippen LogP contribution in [-0.2, 0) is 13.1 Å². The fraction of sp³-hybridized carbons (Fsp3) is 0.167. The maximum atomic E-state index is 13.8. The number of rotatable bonds is 4. The van der Waals surface area contributed by atoms with Gasteiger partial charge in [0.05, 0.1) is 0 Å². The Kier molecular flexibility index (Phi) is 3.21. The minimum Gasteiger partial charge on any atom is -0.364 e. The van der Waals surface area contributed by atoms with Crippen LogP contribution in [-0.4, -0.2) is 25.3 Å². The Hall–Kier alpha value is -2.61. The van der Waals surface area contributed by atoms with E-state index >= 15 is 0 Å². The van der Waals surface area contributed by atoms with Gasteiger partial charge in [0.2, 0.25) is 0 Å². The number of tetrazole rings is 1. The van der Waals surface area contributed by atoms with Crippen molar-refractivity contribution in [3.8, 4) is 0 Å². The topological polar surface area (TPSA) is 94.0 Å². The van der Waals surface area contributed by atoms with Crippen molar-refractivity contribution in [2.45, 2.75) is 13.1 Å². The lowest BCUT2D eigenvalue weighted by Crippen LogP contribution is -2.07. The molecule has 0 aliphatic rings. The summed E-state index contributed by atoms with van der Waals surface area (Å²) in [7, 11) is 0. The predicted octanol–water partition coefficient (Wildman–Crippen LogP) is 0.729. The largest absolute Gasteiger partial charge is 0.364 e. The second kappa shape index (κ2) is 5.17. The average molecular weight is 273 g/mol. The highest BCUT2D eigenvalue weighted by Crippen LogP contribution is 2.12. The molecule has 1 aromatic carbocycles. The zero-order valence-electron chi connectivity index (χ0n) is 10.5. The van der Waals surface area contributed by atoms with Crippen molar-refractivity contribution in [3.63, 3.8) is 0 Å². The van der Waals surface area contributed by atoms with Crippen molar-refractivity contribution >= 4 is 11.5 Å². The van der Waals surface area contributed by atoms with E-state index in [1.54, 1.807) is 24.3 Å². The summed E-state index contributed by atoms with van der Waals surface area (Å²) in [5, 5.41) is 18.1. The fourth-order valence-electron chi connectivity index (χ4n) is 1.79. The third kappa shape index (κ3) is 2.41. The van der Waals surface area contributed by atoms with Crippen LogP contribution in [0.2, 0.25) is 0 Å².